The first-order valence-electron chi connectivity index (χ1n) is 6.66. The molecule has 6 heteroatoms. The van der Waals surface area contributed by atoms with Crippen LogP contribution in [0.1, 0.15) is 39.5 Å². The topological polar surface area (TPSA) is 72.6 Å². The SMILES string of the molecule is CC(C)OCCS(=O)(=O)N(C)C1CCC(N)CC1. The van der Waals surface area contributed by atoms with Gasteiger partial charge in [0.05, 0.1) is 18.5 Å². The van der Waals surface area contributed by atoms with Crippen molar-refractivity contribution in [2.75, 3.05) is 19.4 Å². The maximum Gasteiger partial charge on any atom is 0.216 e. The molecule has 108 valence electrons. The zero-order chi connectivity index (χ0) is 13.8. The molecule has 0 amide bonds. The molecular weight excluding hydrogens is 252 g/mol. The van der Waals surface area contributed by atoms with E-state index < -0.39 is 10.0 Å². The minimum atomic E-state index is -3.21. The molecule has 1 aliphatic rings. The fourth-order valence-electron chi connectivity index (χ4n) is 2.23. The van der Waals surface area contributed by atoms with E-state index in [0.29, 0.717) is 0 Å². The van der Waals surface area contributed by atoms with Crippen LogP contribution in [-0.4, -0.2) is 50.3 Å². The molecule has 0 heterocycles. The smallest absolute Gasteiger partial charge is 0.216 e. The van der Waals surface area contributed by atoms with Gasteiger partial charge in [0.2, 0.25) is 10.0 Å². The zero-order valence-electron chi connectivity index (χ0n) is 11.6. The third kappa shape index (κ3) is 4.84. The van der Waals surface area contributed by atoms with Crippen molar-refractivity contribution in [2.24, 2.45) is 5.73 Å². The van der Waals surface area contributed by atoms with Gasteiger partial charge in [0.25, 0.3) is 0 Å². The van der Waals surface area contributed by atoms with E-state index in [-0.39, 0.29) is 30.5 Å². The Kier molecular flexibility index (Phi) is 6.04. The van der Waals surface area contributed by atoms with Crippen LogP contribution >= 0.6 is 0 Å². The van der Waals surface area contributed by atoms with Gasteiger partial charge in [-0.1, -0.05) is 0 Å². The minimum Gasteiger partial charge on any atom is -0.378 e. The van der Waals surface area contributed by atoms with Gasteiger partial charge in [-0.15, -0.1) is 0 Å². The van der Waals surface area contributed by atoms with E-state index >= 15 is 0 Å². The number of nitrogens with zero attached hydrogens (tertiary/aromatic N) is 1. The molecule has 0 aromatic rings. The molecule has 0 saturated heterocycles. The maximum atomic E-state index is 12.1. The number of hydrogen-bond acceptors (Lipinski definition) is 4. The molecule has 0 radical (unpaired) electrons. The summed E-state index contributed by atoms with van der Waals surface area (Å²) in [6.07, 6.45) is 3.61. The highest BCUT2D eigenvalue weighted by atomic mass is 32.2. The van der Waals surface area contributed by atoms with E-state index in [0.717, 1.165) is 25.7 Å². The van der Waals surface area contributed by atoms with E-state index in [2.05, 4.69) is 0 Å². The molecule has 1 saturated carbocycles. The summed E-state index contributed by atoms with van der Waals surface area (Å²) < 4.78 is 31.0. The number of ether oxygens (including phenoxy) is 1. The van der Waals surface area contributed by atoms with E-state index in [1.54, 1.807) is 7.05 Å². The molecule has 0 bridgehead atoms. The molecule has 1 fully saturated rings. The quantitative estimate of drug-likeness (QED) is 0.785. The van der Waals surface area contributed by atoms with Crippen LogP contribution in [0.2, 0.25) is 0 Å². The Morgan fingerprint density at radius 2 is 1.83 bits per heavy atom. The highest BCUT2D eigenvalue weighted by Crippen LogP contribution is 2.23. The predicted molar refractivity (Wildman–Crippen MR) is 72.9 cm³/mol. The number of hydrogen-bond donors (Lipinski definition) is 1. The molecule has 0 spiro atoms. The number of nitrogens with two attached hydrogens (primary N) is 1. The highest BCUT2D eigenvalue weighted by Gasteiger charge is 2.29. The first-order chi connectivity index (χ1) is 8.33. The van der Waals surface area contributed by atoms with Crippen LogP contribution in [0.5, 0.6) is 0 Å². The lowest BCUT2D eigenvalue weighted by Gasteiger charge is -2.32. The lowest BCUT2D eigenvalue weighted by molar-refractivity contribution is 0.0905. The average molecular weight is 278 g/mol. The standard InChI is InChI=1S/C12H26N2O3S/c1-10(2)17-8-9-18(15,16)14(3)12-6-4-11(13)5-7-12/h10-12H,4-9,13H2,1-3H3. The second-order valence-corrected chi connectivity index (χ2v) is 7.47. The van der Waals surface area contributed by atoms with Crippen LogP contribution in [0.3, 0.4) is 0 Å². The molecule has 5 nitrogen and oxygen atoms in total. The summed E-state index contributed by atoms with van der Waals surface area (Å²) in [7, 11) is -1.53. The Bertz CT molecular complexity index is 335. The lowest BCUT2D eigenvalue weighted by atomic mass is 9.92. The van der Waals surface area contributed by atoms with Gasteiger partial charge in [-0.3, -0.25) is 0 Å². The van der Waals surface area contributed by atoms with Crippen molar-refractivity contribution in [3.63, 3.8) is 0 Å². The maximum absolute atomic E-state index is 12.1. The molecule has 0 aromatic heterocycles. The first kappa shape index (κ1) is 15.9. The normalized spacial score (nSPS) is 25.9. The molecule has 2 N–H and O–H groups in total. The Balaban J connectivity index is 2.46. The van der Waals surface area contributed by atoms with E-state index in [9.17, 15) is 8.42 Å². The molecule has 1 rings (SSSR count). The molecule has 0 unspecified atom stereocenters. The Hall–Kier alpha value is -0.170. The van der Waals surface area contributed by atoms with E-state index in [1.165, 1.54) is 4.31 Å². The second kappa shape index (κ2) is 6.84. The van der Waals surface area contributed by atoms with E-state index in [1.807, 2.05) is 13.8 Å². The van der Waals surface area contributed by atoms with Crippen molar-refractivity contribution in [3.05, 3.63) is 0 Å². The molecule has 0 atom stereocenters. The van der Waals surface area contributed by atoms with Gasteiger partial charge < -0.3 is 10.5 Å². The zero-order valence-corrected chi connectivity index (χ0v) is 12.4. The lowest BCUT2D eigenvalue weighted by Crippen LogP contribution is -2.43. The fourth-order valence-corrected chi connectivity index (χ4v) is 3.49. The summed E-state index contributed by atoms with van der Waals surface area (Å²) in [6, 6.07) is 0.343. The summed E-state index contributed by atoms with van der Waals surface area (Å²) >= 11 is 0. The van der Waals surface area contributed by atoms with Crippen LogP contribution in [0.15, 0.2) is 0 Å². The average Bonchev–Trinajstić information content (AvgIpc) is 2.28. The van der Waals surface area contributed by atoms with Gasteiger partial charge in [-0.2, -0.15) is 0 Å². The van der Waals surface area contributed by atoms with Crippen molar-refractivity contribution in [3.8, 4) is 0 Å². The van der Waals surface area contributed by atoms with Gasteiger partial charge in [-0.05, 0) is 39.5 Å². The summed E-state index contributed by atoms with van der Waals surface area (Å²) in [5.74, 6) is 0.0598. The van der Waals surface area contributed by atoms with Crippen molar-refractivity contribution < 1.29 is 13.2 Å². The van der Waals surface area contributed by atoms with Crippen LogP contribution in [0.25, 0.3) is 0 Å². The van der Waals surface area contributed by atoms with Crippen molar-refractivity contribution in [1.29, 1.82) is 0 Å². The monoisotopic (exact) mass is 278 g/mol. The van der Waals surface area contributed by atoms with Gasteiger partial charge in [0.1, 0.15) is 0 Å². The van der Waals surface area contributed by atoms with Gasteiger partial charge in [0, 0.05) is 19.1 Å². The van der Waals surface area contributed by atoms with Crippen LogP contribution in [-0.2, 0) is 14.8 Å². The fraction of sp³-hybridized carbons (Fsp3) is 1.00. The van der Waals surface area contributed by atoms with Crippen LogP contribution < -0.4 is 5.73 Å². The molecule has 0 aliphatic heterocycles. The first-order valence-corrected chi connectivity index (χ1v) is 8.26. The number of sulfonamides is 1. The summed E-state index contributed by atoms with van der Waals surface area (Å²) in [5, 5.41) is 0. The van der Waals surface area contributed by atoms with Gasteiger partial charge >= 0.3 is 0 Å². The third-order valence-corrected chi connectivity index (χ3v) is 5.35. The summed E-state index contributed by atoms with van der Waals surface area (Å²) in [5.41, 5.74) is 5.83. The van der Waals surface area contributed by atoms with Crippen molar-refractivity contribution >= 4 is 10.0 Å². The van der Waals surface area contributed by atoms with Crippen LogP contribution in [0.4, 0.5) is 0 Å². The number of rotatable bonds is 6. The molecule has 0 aromatic carbocycles. The third-order valence-electron chi connectivity index (χ3n) is 3.49. The molecule has 18 heavy (non-hydrogen) atoms. The van der Waals surface area contributed by atoms with Gasteiger partial charge in [0.15, 0.2) is 0 Å². The van der Waals surface area contributed by atoms with Crippen molar-refractivity contribution in [2.45, 2.75) is 57.7 Å². The van der Waals surface area contributed by atoms with Crippen LogP contribution in [0, 0.1) is 0 Å². The Morgan fingerprint density at radius 3 is 2.33 bits per heavy atom. The van der Waals surface area contributed by atoms with E-state index in [4.69, 9.17) is 10.5 Å². The summed E-state index contributed by atoms with van der Waals surface area (Å²) in [4.78, 5) is 0. The molecule has 1 aliphatic carbocycles. The van der Waals surface area contributed by atoms with Gasteiger partial charge in [-0.25, -0.2) is 12.7 Å². The highest BCUT2D eigenvalue weighted by molar-refractivity contribution is 7.89. The largest absolute Gasteiger partial charge is 0.378 e. The second-order valence-electron chi connectivity index (χ2n) is 5.32. The minimum absolute atomic E-state index is 0.0598. The Morgan fingerprint density at radius 1 is 1.28 bits per heavy atom. The molecular formula is C12H26N2O3S. The van der Waals surface area contributed by atoms with Crippen molar-refractivity contribution in [1.82, 2.24) is 4.31 Å². The predicted octanol–water partition coefficient (Wildman–Crippen LogP) is 0.943. The Labute approximate surface area is 111 Å². The summed E-state index contributed by atoms with van der Waals surface area (Å²) in [6.45, 7) is 4.06.